The molecular formula is C17H19N5O. The van der Waals surface area contributed by atoms with Crippen LogP contribution in [0.3, 0.4) is 0 Å². The van der Waals surface area contributed by atoms with E-state index in [1.165, 1.54) is 0 Å². The second kappa shape index (κ2) is 5.30. The van der Waals surface area contributed by atoms with Crippen molar-refractivity contribution in [2.24, 2.45) is 5.41 Å². The molecule has 118 valence electrons. The minimum absolute atomic E-state index is 0.00116. The maximum atomic E-state index is 12.5. The summed E-state index contributed by atoms with van der Waals surface area (Å²) in [6.07, 6.45) is 3.31. The van der Waals surface area contributed by atoms with E-state index in [0.29, 0.717) is 6.42 Å². The molecule has 0 saturated carbocycles. The lowest BCUT2D eigenvalue weighted by molar-refractivity contribution is -0.117. The number of amides is 1. The summed E-state index contributed by atoms with van der Waals surface area (Å²) in [6, 6.07) is 9.67. The van der Waals surface area contributed by atoms with Crippen LogP contribution in [-0.4, -0.2) is 40.7 Å². The highest BCUT2D eigenvalue weighted by Crippen LogP contribution is 2.42. The van der Waals surface area contributed by atoms with Gasteiger partial charge in [-0.3, -0.25) is 9.69 Å². The van der Waals surface area contributed by atoms with E-state index in [9.17, 15) is 4.79 Å². The van der Waals surface area contributed by atoms with Crippen LogP contribution in [0.15, 0.2) is 36.5 Å². The van der Waals surface area contributed by atoms with Crippen molar-refractivity contribution in [1.82, 2.24) is 15.2 Å². The van der Waals surface area contributed by atoms with Crippen LogP contribution in [0, 0.1) is 12.3 Å². The van der Waals surface area contributed by atoms with Crippen LogP contribution in [0.25, 0.3) is 0 Å². The highest BCUT2D eigenvalue weighted by Gasteiger charge is 2.48. The third kappa shape index (κ3) is 2.54. The van der Waals surface area contributed by atoms with Crippen molar-refractivity contribution in [1.29, 1.82) is 0 Å². The lowest BCUT2D eigenvalue weighted by Gasteiger charge is -2.24. The Kier molecular flexibility index (Phi) is 3.25. The SMILES string of the molecule is Cc1ccc(N2CC[C@]3(CC(=O)N(c4ccccn4)C3)C2)nn1. The Hall–Kier alpha value is -2.50. The number of nitrogens with zero attached hydrogens (tertiary/aromatic N) is 5. The van der Waals surface area contributed by atoms with Gasteiger partial charge < -0.3 is 4.90 Å². The molecule has 23 heavy (non-hydrogen) atoms. The van der Waals surface area contributed by atoms with Crippen molar-refractivity contribution in [3.05, 3.63) is 42.2 Å². The van der Waals surface area contributed by atoms with Gasteiger partial charge in [-0.15, -0.1) is 5.10 Å². The summed E-state index contributed by atoms with van der Waals surface area (Å²) in [5, 5.41) is 8.41. The summed E-state index contributed by atoms with van der Waals surface area (Å²) in [7, 11) is 0. The summed E-state index contributed by atoms with van der Waals surface area (Å²) < 4.78 is 0. The van der Waals surface area contributed by atoms with Crippen molar-refractivity contribution in [2.75, 3.05) is 29.4 Å². The minimum Gasteiger partial charge on any atom is -0.354 e. The Morgan fingerprint density at radius 1 is 1.09 bits per heavy atom. The number of hydrogen-bond donors (Lipinski definition) is 0. The van der Waals surface area contributed by atoms with E-state index >= 15 is 0 Å². The fraction of sp³-hybridized carbons (Fsp3) is 0.412. The predicted octanol–water partition coefficient (Wildman–Crippen LogP) is 1.81. The van der Waals surface area contributed by atoms with Crippen LogP contribution in [0.1, 0.15) is 18.5 Å². The number of hydrogen-bond acceptors (Lipinski definition) is 5. The number of rotatable bonds is 2. The lowest BCUT2D eigenvalue weighted by Crippen LogP contribution is -2.32. The Bertz CT molecular complexity index is 718. The van der Waals surface area contributed by atoms with Gasteiger partial charge >= 0.3 is 0 Å². The number of aromatic nitrogens is 3. The summed E-state index contributed by atoms with van der Waals surface area (Å²) in [5.74, 6) is 1.82. The number of aryl methyl sites for hydroxylation is 1. The van der Waals surface area contributed by atoms with Gasteiger partial charge in [-0.1, -0.05) is 6.07 Å². The smallest absolute Gasteiger partial charge is 0.228 e. The fourth-order valence-electron chi connectivity index (χ4n) is 3.58. The van der Waals surface area contributed by atoms with Gasteiger partial charge in [0.2, 0.25) is 5.91 Å². The zero-order valence-corrected chi connectivity index (χ0v) is 13.1. The zero-order valence-electron chi connectivity index (χ0n) is 13.1. The van der Waals surface area contributed by atoms with E-state index in [2.05, 4.69) is 20.1 Å². The molecule has 2 aliphatic heterocycles. The molecule has 0 bridgehead atoms. The molecule has 1 atom stereocenters. The molecular weight excluding hydrogens is 290 g/mol. The molecule has 0 radical (unpaired) electrons. The molecule has 4 heterocycles. The average Bonchev–Trinajstić information content (AvgIpc) is 3.12. The Morgan fingerprint density at radius 2 is 2.00 bits per heavy atom. The summed E-state index contributed by atoms with van der Waals surface area (Å²) >= 11 is 0. The first-order valence-electron chi connectivity index (χ1n) is 7.92. The molecule has 6 heteroatoms. The van der Waals surface area contributed by atoms with E-state index in [1.807, 2.05) is 42.2 Å². The van der Waals surface area contributed by atoms with Gasteiger partial charge in [0, 0.05) is 37.7 Å². The molecule has 2 aliphatic rings. The van der Waals surface area contributed by atoms with Crippen molar-refractivity contribution < 1.29 is 4.79 Å². The first-order valence-corrected chi connectivity index (χ1v) is 7.92. The topological polar surface area (TPSA) is 62.2 Å². The predicted molar refractivity (Wildman–Crippen MR) is 87.2 cm³/mol. The molecule has 1 amide bonds. The molecule has 0 unspecified atom stereocenters. The molecule has 1 spiro atoms. The van der Waals surface area contributed by atoms with E-state index in [4.69, 9.17) is 0 Å². The third-order valence-corrected chi connectivity index (χ3v) is 4.79. The van der Waals surface area contributed by atoms with Gasteiger partial charge in [-0.25, -0.2) is 4.98 Å². The number of anilines is 2. The van der Waals surface area contributed by atoms with E-state index in [1.54, 1.807) is 6.20 Å². The van der Waals surface area contributed by atoms with Gasteiger partial charge in [-0.05, 0) is 37.6 Å². The fourth-order valence-corrected chi connectivity index (χ4v) is 3.58. The lowest BCUT2D eigenvalue weighted by atomic mass is 9.86. The maximum Gasteiger partial charge on any atom is 0.228 e. The number of carbonyl (C=O) groups excluding carboxylic acids is 1. The third-order valence-electron chi connectivity index (χ3n) is 4.79. The van der Waals surface area contributed by atoms with Crippen LogP contribution in [-0.2, 0) is 4.79 Å². The second-order valence-electron chi connectivity index (χ2n) is 6.55. The van der Waals surface area contributed by atoms with Crippen molar-refractivity contribution in [2.45, 2.75) is 19.8 Å². The second-order valence-corrected chi connectivity index (χ2v) is 6.55. The quantitative estimate of drug-likeness (QED) is 0.846. The molecule has 2 saturated heterocycles. The molecule has 0 aliphatic carbocycles. The monoisotopic (exact) mass is 309 g/mol. The summed E-state index contributed by atoms with van der Waals surface area (Å²) in [4.78, 5) is 20.8. The van der Waals surface area contributed by atoms with Crippen LogP contribution in [0.2, 0.25) is 0 Å². The number of carbonyl (C=O) groups is 1. The van der Waals surface area contributed by atoms with Crippen molar-refractivity contribution >= 4 is 17.5 Å². The van der Waals surface area contributed by atoms with Gasteiger partial charge in [0.15, 0.2) is 5.82 Å². The highest BCUT2D eigenvalue weighted by molar-refractivity contribution is 5.95. The van der Waals surface area contributed by atoms with Crippen LogP contribution in [0.4, 0.5) is 11.6 Å². The molecule has 2 aromatic rings. The van der Waals surface area contributed by atoms with Crippen molar-refractivity contribution in [3.63, 3.8) is 0 Å². The summed E-state index contributed by atoms with van der Waals surface area (Å²) in [5.41, 5.74) is 0.918. The first kappa shape index (κ1) is 14.1. The average molecular weight is 309 g/mol. The molecule has 2 aromatic heterocycles. The standard InChI is InChI=1S/C17H19N5O/c1-13-5-6-15(20-19-13)21-9-7-17(11-21)10-16(23)22(12-17)14-4-2-3-8-18-14/h2-6,8H,7,9-12H2,1H3/t17-/m0/s1. The van der Waals surface area contributed by atoms with Crippen LogP contribution >= 0.6 is 0 Å². The Balaban J connectivity index is 1.52. The largest absolute Gasteiger partial charge is 0.354 e. The van der Waals surface area contributed by atoms with Gasteiger partial charge in [0.1, 0.15) is 5.82 Å². The van der Waals surface area contributed by atoms with Crippen LogP contribution < -0.4 is 9.80 Å². The Labute approximate surface area is 135 Å². The van der Waals surface area contributed by atoms with Crippen LogP contribution in [0.5, 0.6) is 0 Å². The highest BCUT2D eigenvalue weighted by atomic mass is 16.2. The maximum absolute atomic E-state index is 12.5. The van der Waals surface area contributed by atoms with E-state index in [-0.39, 0.29) is 11.3 Å². The van der Waals surface area contributed by atoms with E-state index < -0.39 is 0 Å². The normalized spacial score (nSPS) is 24.0. The Morgan fingerprint density at radius 3 is 2.74 bits per heavy atom. The molecule has 6 nitrogen and oxygen atoms in total. The van der Waals surface area contributed by atoms with Gasteiger partial charge in [0.25, 0.3) is 0 Å². The number of pyridine rings is 1. The minimum atomic E-state index is 0.00116. The van der Waals surface area contributed by atoms with Gasteiger partial charge in [-0.2, -0.15) is 5.10 Å². The summed E-state index contributed by atoms with van der Waals surface area (Å²) in [6.45, 7) is 4.43. The van der Waals surface area contributed by atoms with E-state index in [0.717, 1.165) is 43.4 Å². The zero-order chi connectivity index (χ0) is 15.9. The molecule has 2 fully saturated rings. The molecule has 0 N–H and O–H groups in total. The first-order chi connectivity index (χ1) is 11.2. The van der Waals surface area contributed by atoms with Crippen molar-refractivity contribution in [3.8, 4) is 0 Å². The van der Waals surface area contributed by atoms with Gasteiger partial charge in [0.05, 0.1) is 5.69 Å². The molecule has 4 rings (SSSR count). The molecule has 0 aromatic carbocycles.